The molecule has 0 aliphatic carbocycles. The lowest BCUT2D eigenvalue weighted by Crippen LogP contribution is -2.24. The third-order valence-corrected chi connectivity index (χ3v) is 3.61. The molecule has 6 heteroatoms. The third kappa shape index (κ3) is 3.64. The summed E-state index contributed by atoms with van der Waals surface area (Å²) in [5, 5.41) is 7.18. The van der Waals surface area contributed by atoms with Crippen molar-refractivity contribution in [2.24, 2.45) is 0 Å². The van der Waals surface area contributed by atoms with Gasteiger partial charge in [-0.1, -0.05) is 18.1 Å². The van der Waals surface area contributed by atoms with E-state index in [0.717, 1.165) is 11.3 Å². The molecular weight excluding hydrogens is 334 g/mol. The van der Waals surface area contributed by atoms with Crippen molar-refractivity contribution in [3.05, 3.63) is 50.9 Å². The molecule has 0 aliphatic rings. The maximum atomic E-state index is 12.0. The lowest BCUT2D eigenvalue weighted by Gasteiger charge is -2.10. The number of benzene rings is 1. The molecule has 0 atom stereocenters. The molecule has 21 heavy (non-hydrogen) atoms. The number of terminal acetylenes is 1. The van der Waals surface area contributed by atoms with Gasteiger partial charge in [0.1, 0.15) is 16.8 Å². The van der Waals surface area contributed by atoms with Crippen LogP contribution in [0.15, 0.2) is 39.7 Å². The highest BCUT2D eigenvalue weighted by Gasteiger charge is 2.08. The summed E-state index contributed by atoms with van der Waals surface area (Å²) in [5.41, 5.74) is 1.40. The largest absolute Gasteiger partial charge is 0.497 e. The Hall–Kier alpha value is -2.26. The number of aromatic nitrogens is 2. The minimum atomic E-state index is -0.261. The summed E-state index contributed by atoms with van der Waals surface area (Å²) >= 11 is 3.27. The Bertz CT molecular complexity index is 734. The van der Waals surface area contributed by atoms with Gasteiger partial charge in [-0.2, -0.15) is 5.10 Å². The van der Waals surface area contributed by atoms with Gasteiger partial charge in [0, 0.05) is 6.54 Å². The smallest absolute Gasteiger partial charge is 0.284 e. The van der Waals surface area contributed by atoms with E-state index in [1.165, 1.54) is 4.68 Å². The van der Waals surface area contributed by atoms with Gasteiger partial charge in [0.05, 0.1) is 19.0 Å². The number of halogens is 1. The third-order valence-electron chi connectivity index (χ3n) is 2.84. The Balaban J connectivity index is 2.15. The predicted molar refractivity (Wildman–Crippen MR) is 85.4 cm³/mol. The molecule has 1 aromatic carbocycles. The molecule has 2 rings (SSSR count). The van der Waals surface area contributed by atoms with Gasteiger partial charge in [-0.15, -0.1) is 6.42 Å². The zero-order valence-corrected chi connectivity index (χ0v) is 13.1. The normalized spacial score (nSPS) is 9.95. The Morgan fingerprint density at radius 1 is 1.52 bits per heavy atom. The van der Waals surface area contributed by atoms with E-state index < -0.39 is 0 Å². The Kier molecular flexibility index (Phi) is 5.01. The van der Waals surface area contributed by atoms with Gasteiger partial charge in [0.25, 0.3) is 5.56 Å². The van der Waals surface area contributed by atoms with E-state index in [9.17, 15) is 4.79 Å². The highest BCUT2D eigenvalue weighted by Crippen LogP contribution is 2.18. The molecule has 1 aromatic heterocycles. The van der Waals surface area contributed by atoms with Crippen LogP contribution in [0, 0.1) is 12.3 Å². The van der Waals surface area contributed by atoms with Crippen LogP contribution in [0.3, 0.4) is 0 Å². The van der Waals surface area contributed by atoms with E-state index in [-0.39, 0.29) is 12.1 Å². The van der Waals surface area contributed by atoms with Gasteiger partial charge in [-0.25, -0.2) is 4.68 Å². The summed E-state index contributed by atoms with van der Waals surface area (Å²) in [5.74, 6) is 3.18. The van der Waals surface area contributed by atoms with E-state index in [0.29, 0.717) is 16.7 Å². The molecule has 0 radical (unpaired) electrons. The molecule has 1 N–H and O–H groups in total. The highest BCUT2D eigenvalue weighted by molar-refractivity contribution is 9.10. The molecule has 5 nitrogen and oxygen atoms in total. The van der Waals surface area contributed by atoms with Crippen molar-refractivity contribution in [3.8, 4) is 18.1 Å². The molecule has 1 heterocycles. The summed E-state index contributed by atoms with van der Waals surface area (Å²) < 4.78 is 6.81. The van der Waals surface area contributed by atoms with Crippen LogP contribution in [-0.4, -0.2) is 16.9 Å². The molecule has 0 bridgehead atoms. The first-order valence-corrected chi connectivity index (χ1v) is 7.01. The van der Waals surface area contributed by atoms with Gasteiger partial charge in [-0.3, -0.25) is 4.79 Å². The van der Waals surface area contributed by atoms with Crippen LogP contribution in [0.5, 0.6) is 5.75 Å². The summed E-state index contributed by atoms with van der Waals surface area (Å²) in [4.78, 5) is 12.0. The molecule has 0 fully saturated rings. The quantitative estimate of drug-likeness (QED) is 0.843. The molecule has 0 amide bonds. The minimum Gasteiger partial charge on any atom is -0.497 e. The number of nitrogens with one attached hydrogen (secondary N) is 1. The molecular formula is C15H14BrN3O2. The number of methoxy groups -OCH3 is 1. The fourth-order valence-electron chi connectivity index (χ4n) is 1.77. The topological polar surface area (TPSA) is 56.1 Å². The Labute approximate surface area is 131 Å². The van der Waals surface area contributed by atoms with Gasteiger partial charge in [0.15, 0.2) is 0 Å². The van der Waals surface area contributed by atoms with Crippen molar-refractivity contribution < 1.29 is 4.74 Å². The highest BCUT2D eigenvalue weighted by atomic mass is 79.9. The maximum Gasteiger partial charge on any atom is 0.284 e. The van der Waals surface area contributed by atoms with Gasteiger partial charge < -0.3 is 10.1 Å². The summed E-state index contributed by atoms with van der Waals surface area (Å²) in [6.07, 6.45) is 6.76. The zero-order valence-electron chi connectivity index (χ0n) is 11.5. The van der Waals surface area contributed by atoms with Crippen LogP contribution in [0.1, 0.15) is 5.56 Å². The van der Waals surface area contributed by atoms with E-state index in [1.54, 1.807) is 13.3 Å². The van der Waals surface area contributed by atoms with Crippen LogP contribution < -0.4 is 15.6 Å². The van der Waals surface area contributed by atoms with Gasteiger partial charge >= 0.3 is 0 Å². The fraction of sp³-hybridized carbons (Fsp3) is 0.200. The van der Waals surface area contributed by atoms with Crippen LogP contribution in [0.4, 0.5) is 5.69 Å². The standard InChI is InChI=1S/C15H14BrN3O2/c1-3-7-19-15(20)14(16)13(10-18-19)17-9-11-5-4-6-12(8-11)21-2/h1,4-6,8,10,17H,7,9H2,2H3. The molecule has 0 aliphatic heterocycles. The van der Waals surface area contributed by atoms with Gasteiger partial charge in [-0.05, 0) is 33.6 Å². The second-order valence-electron chi connectivity index (χ2n) is 4.24. The minimum absolute atomic E-state index is 0.146. The summed E-state index contributed by atoms with van der Waals surface area (Å²) in [6, 6.07) is 7.68. The van der Waals surface area contributed by atoms with Crippen LogP contribution in [-0.2, 0) is 13.1 Å². The van der Waals surface area contributed by atoms with Crippen LogP contribution in [0.2, 0.25) is 0 Å². The van der Waals surface area contributed by atoms with Crippen molar-refractivity contribution in [1.82, 2.24) is 9.78 Å². The van der Waals surface area contributed by atoms with Crippen LogP contribution >= 0.6 is 15.9 Å². The van der Waals surface area contributed by atoms with Crippen molar-refractivity contribution in [2.75, 3.05) is 12.4 Å². The average Bonchev–Trinajstić information content (AvgIpc) is 2.51. The number of hydrogen-bond donors (Lipinski definition) is 1. The summed E-state index contributed by atoms with van der Waals surface area (Å²) in [7, 11) is 1.62. The monoisotopic (exact) mass is 347 g/mol. The van der Waals surface area contributed by atoms with Gasteiger partial charge in [0.2, 0.25) is 0 Å². The number of anilines is 1. The molecule has 0 unspecified atom stereocenters. The van der Waals surface area contributed by atoms with E-state index in [1.807, 2.05) is 24.3 Å². The van der Waals surface area contributed by atoms with Crippen molar-refractivity contribution in [2.45, 2.75) is 13.1 Å². The Morgan fingerprint density at radius 3 is 3.05 bits per heavy atom. The average molecular weight is 348 g/mol. The first-order chi connectivity index (χ1) is 10.2. The maximum absolute atomic E-state index is 12.0. The lowest BCUT2D eigenvalue weighted by atomic mass is 10.2. The fourth-order valence-corrected chi connectivity index (χ4v) is 2.21. The van der Waals surface area contributed by atoms with E-state index in [2.05, 4.69) is 32.3 Å². The van der Waals surface area contributed by atoms with Crippen LogP contribution in [0.25, 0.3) is 0 Å². The summed E-state index contributed by atoms with van der Waals surface area (Å²) in [6.45, 7) is 0.698. The first-order valence-electron chi connectivity index (χ1n) is 6.21. The van der Waals surface area contributed by atoms with Crippen molar-refractivity contribution in [1.29, 1.82) is 0 Å². The number of ether oxygens (including phenoxy) is 1. The molecule has 0 saturated heterocycles. The number of hydrogen-bond acceptors (Lipinski definition) is 4. The zero-order chi connectivity index (χ0) is 15.2. The number of nitrogens with zero attached hydrogens (tertiary/aromatic N) is 2. The molecule has 0 saturated carbocycles. The Morgan fingerprint density at radius 2 is 2.33 bits per heavy atom. The molecule has 108 valence electrons. The molecule has 0 spiro atoms. The number of rotatable bonds is 5. The second kappa shape index (κ2) is 6.95. The SMILES string of the molecule is C#CCn1ncc(NCc2cccc(OC)c2)c(Br)c1=O. The van der Waals surface area contributed by atoms with E-state index in [4.69, 9.17) is 11.2 Å². The van der Waals surface area contributed by atoms with Crippen molar-refractivity contribution >= 4 is 21.6 Å². The first kappa shape index (κ1) is 15.1. The molecule has 2 aromatic rings. The van der Waals surface area contributed by atoms with Crippen molar-refractivity contribution in [3.63, 3.8) is 0 Å². The predicted octanol–water partition coefficient (Wildman–Crippen LogP) is 2.26. The lowest BCUT2D eigenvalue weighted by molar-refractivity contribution is 0.414. The second-order valence-corrected chi connectivity index (χ2v) is 5.04. The van der Waals surface area contributed by atoms with E-state index >= 15 is 0 Å².